The Morgan fingerprint density at radius 3 is 2.62 bits per heavy atom. The highest BCUT2D eigenvalue weighted by molar-refractivity contribution is 5.81. The van der Waals surface area contributed by atoms with Crippen molar-refractivity contribution >= 4 is 10.9 Å². The zero-order chi connectivity index (χ0) is 14.7. The predicted molar refractivity (Wildman–Crippen MR) is 85.1 cm³/mol. The van der Waals surface area contributed by atoms with Gasteiger partial charge in [0.05, 0.1) is 5.52 Å². The van der Waals surface area contributed by atoms with Crippen LogP contribution in [0.3, 0.4) is 0 Å². The minimum atomic E-state index is 0.504. The summed E-state index contributed by atoms with van der Waals surface area (Å²) >= 11 is 0. The molecule has 0 fully saturated rings. The van der Waals surface area contributed by atoms with Crippen LogP contribution in [0.5, 0.6) is 5.75 Å². The largest absolute Gasteiger partial charge is 0.489 e. The topological polar surface area (TPSA) is 48.1 Å². The second-order valence-corrected chi connectivity index (χ2v) is 5.07. The summed E-state index contributed by atoms with van der Waals surface area (Å²) in [5.41, 5.74) is 9.93. The van der Waals surface area contributed by atoms with Gasteiger partial charge >= 0.3 is 0 Å². The number of rotatable bonds is 4. The van der Waals surface area contributed by atoms with Gasteiger partial charge in [-0.2, -0.15) is 0 Å². The Kier molecular flexibility index (Phi) is 3.84. The van der Waals surface area contributed by atoms with E-state index in [-0.39, 0.29) is 0 Å². The molecule has 3 heteroatoms. The molecule has 1 heterocycles. The van der Waals surface area contributed by atoms with Crippen molar-refractivity contribution in [3.05, 3.63) is 71.4 Å². The van der Waals surface area contributed by atoms with Crippen LogP contribution in [-0.4, -0.2) is 4.98 Å². The molecule has 0 aliphatic heterocycles. The van der Waals surface area contributed by atoms with Crippen LogP contribution in [0.2, 0.25) is 0 Å². The molecule has 0 amide bonds. The van der Waals surface area contributed by atoms with Crippen LogP contribution in [-0.2, 0) is 13.2 Å². The normalized spacial score (nSPS) is 10.8. The first-order chi connectivity index (χ1) is 10.3. The van der Waals surface area contributed by atoms with Crippen LogP contribution in [0.15, 0.2) is 54.6 Å². The summed E-state index contributed by atoms with van der Waals surface area (Å²) < 4.78 is 5.84. The van der Waals surface area contributed by atoms with Gasteiger partial charge in [0, 0.05) is 17.6 Å². The van der Waals surface area contributed by atoms with Gasteiger partial charge in [0.2, 0.25) is 0 Å². The lowest BCUT2D eigenvalue weighted by Crippen LogP contribution is -2.01. The van der Waals surface area contributed by atoms with E-state index in [1.54, 1.807) is 0 Å². The molecule has 1 aromatic heterocycles. The molecule has 3 aromatic rings. The molecule has 21 heavy (non-hydrogen) atoms. The zero-order valence-corrected chi connectivity index (χ0v) is 12.0. The zero-order valence-electron chi connectivity index (χ0n) is 12.0. The van der Waals surface area contributed by atoms with Crippen LogP contribution in [0, 0.1) is 6.92 Å². The minimum Gasteiger partial charge on any atom is -0.489 e. The molecule has 0 saturated carbocycles. The highest BCUT2D eigenvalue weighted by Crippen LogP contribution is 2.22. The molecule has 0 bridgehead atoms. The molecular weight excluding hydrogens is 260 g/mol. The highest BCUT2D eigenvalue weighted by atomic mass is 16.5. The number of hydrogen-bond donors (Lipinski definition) is 1. The number of aromatic nitrogens is 1. The summed E-state index contributed by atoms with van der Waals surface area (Å²) in [5.74, 6) is 0.847. The lowest BCUT2D eigenvalue weighted by Gasteiger charge is -2.09. The average Bonchev–Trinajstić information content (AvgIpc) is 2.53. The first-order valence-electron chi connectivity index (χ1n) is 7.03. The molecule has 3 nitrogen and oxygen atoms in total. The molecule has 2 aromatic carbocycles. The summed E-state index contributed by atoms with van der Waals surface area (Å²) in [5, 5.41) is 1.06. The minimum absolute atomic E-state index is 0.504. The summed E-state index contributed by atoms with van der Waals surface area (Å²) in [6.45, 7) is 3.06. The van der Waals surface area contributed by atoms with Crippen LogP contribution >= 0.6 is 0 Å². The van der Waals surface area contributed by atoms with Crippen molar-refractivity contribution in [2.75, 3.05) is 0 Å². The van der Waals surface area contributed by atoms with Crippen LogP contribution in [0.4, 0.5) is 0 Å². The first kappa shape index (κ1) is 13.6. The van der Waals surface area contributed by atoms with Gasteiger partial charge in [0.25, 0.3) is 0 Å². The monoisotopic (exact) mass is 278 g/mol. The molecule has 0 aliphatic carbocycles. The molecule has 0 atom stereocenters. The fourth-order valence-corrected chi connectivity index (χ4v) is 2.33. The summed E-state index contributed by atoms with van der Waals surface area (Å²) in [6, 6.07) is 18.2. The number of benzene rings is 2. The van der Waals surface area contributed by atoms with E-state index in [0.29, 0.717) is 13.2 Å². The van der Waals surface area contributed by atoms with E-state index in [1.165, 1.54) is 0 Å². The van der Waals surface area contributed by atoms with Gasteiger partial charge in [0.1, 0.15) is 12.4 Å². The lowest BCUT2D eigenvalue weighted by molar-refractivity contribution is 0.306. The number of hydrogen-bond acceptors (Lipinski definition) is 3. The van der Waals surface area contributed by atoms with E-state index >= 15 is 0 Å². The maximum atomic E-state index is 5.84. The Morgan fingerprint density at radius 2 is 1.86 bits per heavy atom. The molecule has 0 saturated heterocycles. The maximum Gasteiger partial charge on any atom is 0.120 e. The number of aryl methyl sites for hydroxylation is 1. The van der Waals surface area contributed by atoms with Crippen molar-refractivity contribution in [3.8, 4) is 5.75 Å². The number of pyridine rings is 1. The molecule has 0 unspecified atom stereocenters. The Bertz CT molecular complexity index is 754. The van der Waals surface area contributed by atoms with Gasteiger partial charge < -0.3 is 10.5 Å². The van der Waals surface area contributed by atoms with Crippen LogP contribution < -0.4 is 10.5 Å². The molecule has 3 rings (SSSR count). The third-order valence-corrected chi connectivity index (χ3v) is 3.55. The Morgan fingerprint density at radius 1 is 1.05 bits per heavy atom. The first-order valence-corrected chi connectivity index (χ1v) is 7.03. The van der Waals surface area contributed by atoms with Crippen molar-refractivity contribution in [1.82, 2.24) is 4.98 Å². The summed E-state index contributed by atoms with van der Waals surface area (Å²) in [7, 11) is 0. The Labute approximate surface area is 124 Å². The molecule has 106 valence electrons. The van der Waals surface area contributed by atoms with Crippen LogP contribution in [0.25, 0.3) is 10.9 Å². The Balaban J connectivity index is 1.85. The van der Waals surface area contributed by atoms with Gasteiger partial charge in [-0.3, -0.25) is 4.98 Å². The maximum absolute atomic E-state index is 5.84. The third kappa shape index (κ3) is 3.03. The van der Waals surface area contributed by atoms with Gasteiger partial charge in [-0.25, -0.2) is 0 Å². The van der Waals surface area contributed by atoms with Crippen molar-refractivity contribution in [3.63, 3.8) is 0 Å². The lowest BCUT2D eigenvalue weighted by atomic mass is 10.1. The fourth-order valence-electron chi connectivity index (χ4n) is 2.33. The van der Waals surface area contributed by atoms with E-state index in [0.717, 1.165) is 33.5 Å². The van der Waals surface area contributed by atoms with Gasteiger partial charge in [-0.15, -0.1) is 0 Å². The fraction of sp³-hybridized carbons (Fsp3) is 0.167. The van der Waals surface area contributed by atoms with E-state index in [1.807, 2.05) is 43.3 Å². The van der Waals surface area contributed by atoms with Crippen LogP contribution in [0.1, 0.15) is 16.8 Å². The van der Waals surface area contributed by atoms with Crippen molar-refractivity contribution in [1.29, 1.82) is 0 Å². The average molecular weight is 278 g/mol. The summed E-state index contributed by atoms with van der Waals surface area (Å²) in [4.78, 5) is 4.57. The van der Waals surface area contributed by atoms with Gasteiger partial charge in [-0.05, 0) is 42.3 Å². The quantitative estimate of drug-likeness (QED) is 0.793. The molecular formula is C18H18N2O. The Hall–Kier alpha value is -2.39. The van der Waals surface area contributed by atoms with Crippen molar-refractivity contribution in [2.45, 2.75) is 20.1 Å². The highest BCUT2D eigenvalue weighted by Gasteiger charge is 2.04. The molecule has 0 radical (unpaired) electrons. The van der Waals surface area contributed by atoms with Gasteiger partial charge in [0.15, 0.2) is 0 Å². The van der Waals surface area contributed by atoms with E-state index in [9.17, 15) is 0 Å². The van der Waals surface area contributed by atoms with Gasteiger partial charge in [-0.1, -0.05) is 30.3 Å². The number of nitrogens with zero attached hydrogens (tertiary/aromatic N) is 1. The molecule has 0 spiro atoms. The second-order valence-electron chi connectivity index (χ2n) is 5.07. The SMILES string of the molecule is Cc1nc2ccc(OCc3ccccc3)cc2cc1CN. The van der Waals surface area contributed by atoms with E-state index < -0.39 is 0 Å². The third-order valence-electron chi connectivity index (χ3n) is 3.55. The number of fused-ring (bicyclic) bond motifs is 1. The number of nitrogens with two attached hydrogens (primary N) is 1. The van der Waals surface area contributed by atoms with Crippen molar-refractivity contribution < 1.29 is 4.74 Å². The van der Waals surface area contributed by atoms with E-state index in [4.69, 9.17) is 10.5 Å². The van der Waals surface area contributed by atoms with Crippen molar-refractivity contribution in [2.24, 2.45) is 5.73 Å². The predicted octanol–water partition coefficient (Wildman–Crippen LogP) is 3.58. The van der Waals surface area contributed by atoms with E-state index in [2.05, 4.69) is 23.2 Å². The standard InChI is InChI=1S/C18H18N2O/c1-13-16(11-19)9-15-10-17(7-8-18(15)20-13)21-12-14-5-3-2-4-6-14/h2-10H,11-12,19H2,1H3. The summed E-state index contributed by atoms with van der Waals surface area (Å²) in [6.07, 6.45) is 0. The second kappa shape index (κ2) is 5.94. The smallest absolute Gasteiger partial charge is 0.120 e. The molecule has 0 aliphatic rings. The molecule has 2 N–H and O–H groups in total. The number of ether oxygens (including phenoxy) is 1.